The Morgan fingerprint density at radius 3 is 2.29 bits per heavy atom. The molecule has 0 bridgehead atoms. The molecule has 4 rings (SSSR count). The highest BCUT2D eigenvalue weighted by atomic mass is 16.5. The van der Waals surface area contributed by atoms with Crippen LogP contribution >= 0.6 is 0 Å². The fourth-order valence-corrected chi connectivity index (χ4v) is 4.95. The number of aliphatic carboxylic acids is 1. The third-order valence-corrected chi connectivity index (χ3v) is 6.71. The predicted octanol–water partition coefficient (Wildman–Crippen LogP) is 3.30. The highest BCUT2D eigenvalue weighted by molar-refractivity contribution is 5.80. The van der Waals surface area contributed by atoms with Crippen LogP contribution in [0.2, 0.25) is 0 Å². The summed E-state index contributed by atoms with van der Waals surface area (Å²) in [6.07, 6.45) is 0.633. The zero-order valence-corrected chi connectivity index (χ0v) is 19.2. The molecule has 0 spiro atoms. The summed E-state index contributed by atoms with van der Waals surface area (Å²) in [5.74, 6) is -1.36. The molecule has 2 aliphatic carbocycles. The smallest absolute Gasteiger partial charge is 0.407 e. The van der Waals surface area contributed by atoms with Crippen molar-refractivity contribution < 1.29 is 29.0 Å². The van der Waals surface area contributed by atoms with Gasteiger partial charge in [0.25, 0.3) is 0 Å². The third-order valence-electron chi connectivity index (χ3n) is 6.71. The van der Waals surface area contributed by atoms with E-state index in [1.54, 1.807) is 0 Å². The minimum atomic E-state index is -0.977. The number of carbonyl (C=O) groups is 3. The summed E-state index contributed by atoms with van der Waals surface area (Å²) in [7, 11) is 1.42. The Balaban J connectivity index is 1.25. The summed E-state index contributed by atoms with van der Waals surface area (Å²) >= 11 is 0. The van der Waals surface area contributed by atoms with Crippen LogP contribution in [0.3, 0.4) is 0 Å². The van der Waals surface area contributed by atoms with Gasteiger partial charge in [0.1, 0.15) is 6.61 Å². The van der Waals surface area contributed by atoms with Gasteiger partial charge in [-0.25, -0.2) is 4.79 Å². The summed E-state index contributed by atoms with van der Waals surface area (Å²) in [6, 6.07) is 16.2. The van der Waals surface area contributed by atoms with E-state index in [-0.39, 0.29) is 43.4 Å². The van der Waals surface area contributed by atoms with Crippen LogP contribution in [0.15, 0.2) is 48.5 Å². The largest absolute Gasteiger partial charge is 0.481 e. The first-order valence-corrected chi connectivity index (χ1v) is 11.6. The van der Waals surface area contributed by atoms with E-state index in [0.29, 0.717) is 19.3 Å². The van der Waals surface area contributed by atoms with Gasteiger partial charge in [-0.15, -0.1) is 0 Å². The van der Waals surface area contributed by atoms with Crippen LogP contribution in [-0.4, -0.2) is 55.5 Å². The molecule has 8 heteroatoms. The molecule has 0 aliphatic heterocycles. The quantitative estimate of drug-likeness (QED) is 0.523. The molecular formula is C26H30N2O6. The van der Waals surface area contributed by atoms with E-state index in [9.17, 15) is 14.4 Å². The number of alkyl carbamates (subject to hydrolysis) is 1. The first kappa shape index (κ1) is 23.8. The fraction of sp³-hybridized carbons (Fsp3) is 0.423. The van der Waals surface area contributed by atoms with E-state index in [2.05, 4.69) is 34.9 Å². The Labute approximate surface area is 198 Å². The summed E-state index contributed by atoms with van der Waals surface area (Å²) in [4.78, 5) is 35.8. The molecule has 2 amide bonds. The first-order chi connectivity index (χ1) is 16.5. The van der Waals surface area contributed by atoms with Gasteiger partial charge in [-0.1, -0.05) is 48.5 Å². The van der Waals surface area contributed by atoms with E-state index in [1.165, 1.54) is 18.2 Å². The lowest BCUT2D eigenvalue weighted by molar-refractivity contribution is -0.140. The number of hydrogen-bond donors (Lipinski definition) is 3. The third kappa shape index (κ3) is 5.39. The molecule has 0 heterocycles. The highest BCUT2D eigenvalue weighted by Crippen LogP contribution is 2.44. The normalized spacial score (nSPS) is 19.7. The number of fused-ring (bicyclic) bond motifs is 3. The minimum Gasteiger partial charge on any atom is -0.481 e. The summed E-state index contributed by atoms with van der Waals surface area (Å²) in [5, 5.41) is 14.5. The highest BCUT2D eigenvalue weighted by Gasteiger charge is 2.32. The predicted molar refractivity (Wildman–Crippen MR) is 125 cm³/mol. The van der Waals surface area contributed by atoms with Gasteiger partial charge in [0.15, 0.2) is 0 Å². The topological polar surface area (TPSA) is 114 Å². The van der Waals surface area contributed by atoms with Crippen LogP contribution in [0.4, 0.5) is 4.79 Å². The number of methoxy groups -OCH3 is 1. The van der Waals surface area contributed by atoms with Crippen LogP contribution < -0.4 is 10.6 Å². The molecule has 8 nitrogen and oxygen atoms in total. The Bertz CT molecular complexity index is 1010. The second-order valence-electron chi connectivity index (χ2n) is 8.88. The van der Waals surface area contributed by atoms with Crippen molar-refractivity contribution in [3.8, 4) is 11.1 Å². The van der Waals surface area contributed by atoms with Gasteiger partial charge in [0, 0.05) is 31.5 Å². The average molecular weight is 467 g/mol. The van der Waals surface area contributed by atoms with Gasteiger partial charge >= 0.3 is 12.1 Å². The number of carbonyl (C=O) groups excluding carboxylic acids is 2. The number of carboxylic acids is 1. The molecular weight excluding hydrogens is 436 g/mol. The maximum absolute atomic E-state index is 12.5. The molecule has 1 unspecified atom stereocenters. The molecule has 0 radical (unpaired) electrons. The van der Waals surface area contributed by atoms with E-state index < -0.39 is 18.2 Å². The first-order valence-electron chi connectivity index (χ1n) is 11.6. The number of amides is 2. The second kappa shape index (κ2) is 10.7. The molecule has 34 heavy (non-hydrogen) atoms. The number of carboxylic acid groups (broad SMARTS) is 1. The SMILES string of the molecule is COC(CNC(=O)[C@@H]1CC[C@H](NC(=O)OCC2c3ccccc3-c3ccccc32)C1)CC(=O)O. The van der Waals surface area contributed by atoms with Crippen molar-refractivity contribution in [1.29, 1.82) is 0 Å². The Morgan fingerprint density at radius 1 is 1.03 bits per heavy atom. The van der Waals surface area contributed by atoms with Crippen LogP contribution in [0, 0.1) is 5.92 Å². The standard InChI is InChI=1S/C26H30N2O6/c1-33-18(13-24(29)30)14-27-25(31)16-10-11-17(12-16)28-26(32)34-15-23-21-8-4-2-6-19(21)20-7-3-5-9-22(20)23/h2-9,16-18,23H,10-15H2,1H3,(H,27,31)(H,28,32)(H,29,30)/t16-,17+,18?/m1/s1. The van der Waals surface area contributed by atoms with Crippen molar-refractivity contribution >= 4 is 18.0 Å². The molecule has 1 fully saturated rings. The number of nitrogens with one attached hydrogen (secondary N) is 2. The Morgan fingerprint density at radius 2 is 1.68 bits per heavy atom. The van der Waals surface area contributed by atoms with Crippen molar-refractivity contribution in [1.82, 2.24) is 10.6 Å². The van der Waals surface area contributed by atoms with Crippen molar-refractivity contribution in [2.75, 3.05) is 20.3 Å². The average Bonchev–Trinajstić information content (AvgIpc) is 3.42. The lowest BCUT2D eigenvalue weighted by atomic mass is 9.98. The molecule has 3 N–H and O–H groups in total. The van der Waals surface area contributed by atoms with E-state index in [0.717, 1.165) is 11.1 Å². The van der Waals surface area contributed by atoms with Crippen LogP contribution in [0.5, 0.6) is 0 Å². The van der Waals surface area contributed by atoms with Gasteiger partial charge in [-0.05, 0) is 41.5 Å². The van der Waals surface area contributed by atoms with Crippen LogP contribution in [-0.2, 0) is 19.1 Å². The molecule has 180 valence electrons. The Kier molecular flexibility index (Phi) is 7.47. The number of ether oxygens (including phenoxy) is 2. The summed E-state index contributed by atoms with van der Waals surface area (Å²) in [5.41, 5.74) is 4.67. The zero-order valence-electron chi connectivity index (χ0n) is 19.2. The number of hydrogen-bond acceptors (Lipinski definition) is 5. The Hall–Kier alpha value is -3.39. The van der Waals surface area contributed by atoms with Crippen molar-refractivity contribution in [2.24, 2.45) is 5.92 Å². The van der Waals surface area contributed by atoms with Crippen molar-refractivity contribution in [2.45, 2.75) is 43.7 Å². The van der Waals surface area contributed by atoms with Gasteiger partial charge in [-0.3, -0.25) is 9.59 Å². The number of benzene rings is 2. The van der Waals surface area contributed by atoms with Gasteiger partial charge in [-0.2, -0.15) is 0 Å². The van der Waals surface area contributed by atoms with E-state index in [4.69, 9.17) is 14.6 Å². The second-order valence-corrected chi connectivity index (χ2v) is 8.88. The van der Waals surface area contributed by atoms with Crippen LogP contribution in [0.1, 0.15) is 42.7 Å². The molecule has 2 aromatic carbocycles. The maximum Gasteiger partial charge on any atom is 0.407 e. The fourth-order valence-electron chi connectivity index (χ4n) is 4.95. The van der Waals surface area contributed by atoms with Crippen molar-refractivity contribution in [3.05, 3.63) is 59.7 Å². The van der Waals surface area contributed by atoms with E-state index in [1.807, 2.05) is 24.3 Å². The lowest BCUT2D eigenvalue weighted by Crippen LogP contribution is -2.38. The van der Waals surface area contributed by atoms with Gasteiger partial charge < -0.3 is 25.2 Å². The molecule has 3 atom stereocenters. The summed E-state index contributed by atoms with van der Waals surface area (Å²) < 4.78 is 10.7. The maximum atomic E-state index is 12.5. The van der Waals surface area contributed by atoms with Crippen molar-refractivity contribution in [3.63, 3.8) is 0 Å². The zero-order chi connectivity index (χ0) is 24.1. The summed E-state index contributed by atoms with van der Waals surface area (Å²) in [6.45, 7) is 0.390. The molecule has 0 aromatic heterocycles. The minimum absolute atomic E-state index is 0.000197. The number of rotatable bonds is 9. The lowest BCUT2D eigenvalue weighted by Gasteiger charge is -2.18. The van der Waals surface area contributed by atoms with Gasteiger partial charge in [0.2, 0.25) is 5.91 Å². The molecule has 1 saturated carbocycles. The molecule has 2 aliphatic rings. The molecule has 2 aromatic rings. The molecule has 0 saturated heterocycles. The monoisotopic (exact) mass is 466 g/mol. The van der Waals surface area contributed by atoms with Crippen LogP contribution in [0.25, 0.3) is 11.1 Å². The van der Waals surface area contributed by atoms with Gasteiger partial charge in [0.05, 0.1) is 12.5 Å². The van der Waals surface area contributed by atoms with E-state index >= 15 is 0 Å².